The maximum Gasteiger partial charge on any atom is 0.142 e. The van der Waals surface area contributed by atoms with E-state index in [4.69, 9.17) is 0 Å². The van der Waals surface area contributed by atoms with Crippen LogP contribution in [-0.2, 0) is 4.79 Å². The molecule has 0 aromatic heterocycles. The molecule has 0 aliphatic heterocycles. The molecule has 1 nitrogen and oxygen atoms in total. The smallest absolute Gasteiger partial charge is 0.142 e. The number of carbonyl (C=O) groups is 1. The lowest BCUT2D eigenvalue weighted by Gasteiger charge is -1.77. The van der Waals surface area contributed by atoms with Gasteiger partial charge in [0.2, 0.25) is 0 Å². The van der Waals surface area contributed by atoms with E-state index in [1.54, 1.807) is 0 Å². The second kappa shape index (κ2) is 7.15. The van der Waals surface area contributed by atoms with Gasteiger partial charge in [0.25, 0.3) is 0 Å². The van der Waals surface area contributed by atoms with Gasteiger partial charge in [-0.1, -0.05) is 25.2 Å². The number of carbonyl (C=O) groups excluding carboxylic acids is 1. The zero-order valence-electron chi connectivity index (χ0n) is 5.71. The number of rotatable bonds is 4. The highest BCUT2D eigenvalue weighted by molar-refractivity contribution is 5.64. The summed E-state index contributed by atoms with van der Waals surface area (Å²) in [7, 11) is 0. The summed E-state index contributed by atoms with van der Waals surface area (Å²) in [6.07, 6.45) is 10.2. The maximum atomic E-state index is 9.73. The molecule has 0 radical (unpaired) electrons. The second-order valence-corrected chi connectivity index (χ2v) is 1.68. The Morgan fingerprint density at radius 1 is 1.22 bits per heavy atom. The van der Waals surface area contributed by atoms with Crippen LogP contribution in [0.5, 0.6) is 0 Å². The standard InChI is InChI=1S/C8H12O/c1-2-3-4-5-6-7-8-9/h3-4,6-8H,2,5H2,1H3/b4-3+,7-6+. The van der Waals surface area contributed by atoms with Gasteiger partial charge in [0.05, 0.1) is 0 Å². The average Bonchev–Trinajstić information content (AvgIpc) is 1.89. The van der Waals surface area contributed by atoms with E-state index in [9.17, 15) is 4.79 Å². The van der Waals surface area contributed by atoms with Gasteiger partial charge in [0, 0.05) is 0 Å². The van der Waals surface area contributed by atoms with Gasteiger partial charge in [-0.3, -0.25) is 4.79 Å². The first-order chi connectivity index (χ1) is 4.41. The fraction of sp³-hybridized carbons (Fsp3) is 0.375. The zero-order chi connectivity index (χ0) is 6.95. The number of hydrogen-bond donors (Lipinski definition) is 0. The van der Waals surface area contributed by atoms with Crippen LogP contribution in [0.3, 0.4) is 0 Å². The summed E-state index contributed by atoms with van der Waals surface area (Å²) in [5.74, 6) is 0. The first-order valence-corrected chi connectivity index (χ1v) is 3.17. The van der Waals surface area contributed by atoms with Crippen molar-refractivity contribution in [1.29, 1.82) is 0 Å². The molecule has 0 spiro atoms. The normalized spacial score (nSPS) is 11.2. The SMILES string of the molecule is CC/C=C/C/C=C/C=O. The predicted octanol–water partition coefficient (Wildman–Crippen LogP) is 2.10. The minimum atomic E-state index is 0.791. The van der Waals surface area contributed by atoms with Gasteiger partial charge in [-0.25, -0.2) is 0 Å². The molecule has 0 rings (SSSR count). The fourth-order valence-corrected chi connectivity index (χ4v) is 0.476. The summed E-state index contributed by atoms with van der Waals surface area (Å²) in [5.41, 5.74) is 0. The van der Waals surface area contributed by atoms with Gasteiger partial charge in [0.15, 0.2) is 0 Å². The molecule has 0 aromatic rings. The largest absolute Gasteiger partial charge is 0.299 e. The molecule has 50 valence electrons. The molecule has 0 amide bonds. The van der Waals surface area contributed by atoms with Crippen molar-refractivity contribution in [3.63, 3.8) is 0 Å². The molecule has 0 N–H and O–H groups in total. The van der Waals surface area contributed by atoms with E-state index in [2.05, 4.69) is 13.0 Å². The van der Waals surface area contributed by atoms with Crippen LogP contribution in [0.15, 0.2) is 24.3 Å². The molecule has 0 fully saturated rings. The lowest BCUT2D eigenvalue weighted by molar-refractivity contribution is -0.104. The van der Waals surface area contributed by atoms with Crippen LogP contribution >= 0.6 is 0 Å². The van der Waals surface area contributed by atoms with E-state index in [0.717, 1.165) is 19.1 Å². The maximum absolute atomic E-state index is 9.73. The molecule has 0 aliphatic rings. The van der Waals surface area contributed by atoms with E-state index in [1.165, 1.54) is 6.08 Å². The summed E-state index contributed by atoms with van der Waals surface area (Å²) in [4.78, 5) is 9.73. The summed E-state index contributed by atoms with van der Waals surface area (Å²) in [5, 5.41) is 0. The van der Waals surface area contributed by atoms with Crippen molar-refractivity contribution in [3.05, 3.63) is 24.3 Å². The van der Waals surface area contributed by atoms with Crippen LogP contribution in [-0.4, -0.2) is 6.29 Å². The van der Waals surface area contributed by atoms with Crippen molar-refractivity contribution in [2.24, 2.45) is 0 Å². The number of allylic oxidation sites excluding steroid dienone is 4. The summed E-state index contributed by atoms with van der Waals surface area (Å²) < 4.78 is 0. The van der Waals surface area contributed by atoms with Gasteiger partial charge in [-0.15, -0.1) is 0 Å². The van der Waals surface area contributed by atoms with Crippen molar-refractivity contribution >= 4 is 6.29 Å². The molecular formula is C8H12O. The summed E-state index contributed by atoms with van der Waals surface area (Å²) >= 11 is 0. The molecule has 0 heterocycles. The van der Waals surface area contributed by atoms with Crippen LogP contribution in [0.1, 0.15) is 19.8 Å². The first kappa shape index (κ1) is 8.15. The lowest BCUT2D eigenvalue weighted by Crippen LogP contribution is -1.60. The Morgan fingerprint density at radius 2 is 2.00 bits per heavy atom. The third kappa shape index (κ3) is 7.15. The lowest BCUT2D eigenvalue weighted by atomic mass is 10.3. The van der Waals surface area contributed by atoms with E-state index >= 15 is 0 Å². The van der Waals surface area contributed by atoms with Gasteiger partial charge < -0.3 is 0 Å². The number of hydrogen-bond acceptors (Lipinski definition) is 1. The Bertz CT molecular complexity index is 112. The molecular weight excluding hydrogens is 112 g/mol. The van der Waals surface area contributed by atoms with Crippen molar-refractivity contribution in [2.75, 3.05) is 0 Å². The topological polar surface area (TPSA) is 17.1 Å². The Kier molecular flexibility index (Phi) is 6.47. The first-order valence-electron chi connectivity index (χ1n) is 3.17. The van der Waals surface area contributed by atoms with E-state index in [-0.39, 0.29) is 0 Å². The van der Waals surface area contributed by atoms with Crippen LogP contribution < -0.4 is 0 Å². The Hall–Kier alpha value is -0.850. The minimum absolute atomic E-state index is 0.791. The van der Waals surface area contributed by atoms with E-state index in [0.29, 0.717) is 0 Å². The number of aldehydes is 1. The van der Waals surface area contributed by atoms with Gasteiger partial charge in [-0.05, 0) is 18.9 Å². The van der Waals surface area contributed by atoms with Crippen molar-refractivity contribution in [2.45, 2.75) is 19.8 Å². The Morgan fingerprint density at radius 3 is 2.56 bits per heavy atom. The molecule has 0 saturated heterocycles. The molecule has 0 unspecified atom stereocenters. The minimum Gasteiger partial charge on any atom is -0.299 e. The molecule has 0 aliphatic carbocycles. The highest BCUT2D eigenvalue weighted by Crippen LogP contribution is 1.86. The van der Waals surface area contributed by atoms with Gasteiger partial charge in [-0.2, -0.15) is 0 Å². The van der Waals surface area contributed by atoms with E-state index in [1.807, 2.05) is 12.2 Å². The monoisotopic (exact) mass is 124 g/mol. The zero-order valence-corrected chi connectivity index (χ0v) is 5.71. The van der Waals surface area contributed by atoms with Gasteiger partial charge in [0.1, 0.15) is 6.29 Å². The van der Waals surface area contributed by atoms with Gasteiger partial charge >= 0.3 is 0 Å². The van der Waals surface area contributed by atoms with Crippen LogP contribution in [0.4, 0.5) is 0 Å². The Labute approximate surface area is 56.1 Å². The second-order valence-electron chi connectivity index (χ2n) is 1.68. The molecule has 9 heavy (non-hydrogen) atoms. The van der Waals surface area contributed by atoms with Crippen LogP contribution in [0.2, 0.25) is 0 Å². The summed E-state index contributed by atoms with van der Waals surface area (Å²) in [6, 6.07) is 0. The average molecular weight is 124 g/mol. The summed E-state index contributed by atoms with van der Waals surface area (Å²) in [6.45, 7) is 2.08. The molecule has 0 atom stereocenters. The highest BCUT2D eigenvalue weighted by atomic mass is 16.1. The van der Waals surface area contributed by atoms with E-state index < -0.39 is 0 Å². The Balaban J connectivity index is 3.17. The molecule has 0 saturated carbocycles. The highest BCUT2D eigenvalue weighted by Gasteiger charge is 1.67. The predicted molar refractivity (Wildman–Crippen MR) is 39.3 cm³/mol. The third-order valence-electron chi connectivity index (χ3n) is 0.889. The quantitative estimate of drug-likeness (QED) is 0.318. The van der Waals surface area contributed by atoms with Crippen molar-refractivity contribution in [3.8, 4) is 0 Å². The fourth-order valence-electron chi connectivity index (χ4n) is 0.476. The van der Waals surface area contributed by atoms with Crippen molar-refractivity contribution < 1.29 is 4.79 Å². The molecule has 0 bridgehead atoms. The molecule has 1 heteroatoms. The van der Waals surface area contributed by atoms with Crippen LogP contribution in [0, 0.1) is 0 Å². The third-order valence-corrected chi connectivity index (χ3v) is 0.889. The van der Waals surface area contributed by atoms with Crippen molar-refractivity contribution in [1.82, 2.24) is 0 Å². The van der Waals surface area contributed by atoms with Crippen LogP contribution in [0.25, 0.3) is 0 Å². The molecule has 0 aromatic carbocycles.